The first-order valence-electron chi connectivity index (χ1n) is 9.91. The van der Waals surface area contributed by atoms with Crippen molar-refractivity contribution in [3.8, 4) is 0 Å². The summed E-state index contributed by atoms with van der Waals surface area (Å²) >= 11 is 0. The molecule has 5 rings (SSSR count). The molecule has 0 N–H and O–H groups in total. The standard InChI is InChI=1S/C23H22N6/c1-2-4-21-20(3-1)22(17-18-5-9-24-10-6-18)26-27-23(21)29-15-13-28(14-16-29)19-7-11-25-12-8-19/h1-12H,13-17H2. The highest BCUT2D eigenvalue weighted by atomic mass is 15.3. The van der Waals surface area contributed by atoms with Crippen molar-refractivity contribution in [2.75, 3.05) is 36.0 Å². The molecule has 3 aromatic heterocycles. The summed E-state index contributed by atoms with van der Waals surface area (Å²) in [6.45, 7) is 3.76. The molecule has 4 aromatic rings. The molecule has 1 aliphatic rings. The molecule has 0 atom stereocenters. The van der Waals surface area contributed by atoms with Gasteiger partial charge in [-0.15, -0.1) is 5.10 Å². The lowest BCUT2D eigenvalue weighted by atomic mass is 10.0. The third-order valence-corrected chi connectivity index (χ3v) is 5.47. The van der Waals surface area contributed by atoms with Crippen LogP contribution in [0.5, 0.6) is 0 Å². The average Bonchev–Trinajstić information content (AvgIpc) is 2.81. The Kier molecular flexibility index (Phi) is 4.74. The predicted octanol–water partition coefficient (Wildman–Crippen LogP) is 3.34. The van der Waals surface area contributed by atoms with Crippen molar-refractivity contribution < 1.29 is 0 Å². The lowest BCUT2D eigenvalue weighted by molar-refractivity contribution is 0.645. The van der Waals surface area contributed by atoms with E-state index >= 15 is 0 Å². The molecule has 6 heteroatoms. The van der Waals surface area contributed by atoms with Crippen LogP contribution >= 0.6 is 0 Å². The minimum Gasteiger partial charge on any atom is -0.368 e. The number of anilines is 2. The van der Waals surface area contributed by atoms with Crippen molar-refractivity contribution in [3.05, 3.63) is 84.6 Å². The highest BCUT2D eigenvalue weighted by molar-refractivity contribution is 5.93. The van der Waals surface area contributed by atoms with Gasteiger partial charge < -0.3 is 9.80 Å². The van der Waals surface area contributed by atoms with Crippen molar-refractivity contribution >= 4 is 22.3 Å². The molecule has 0 bridgehead atoms. The Morgan fingerprint density at radius 3 is 2.00 bits per heavy atom. The molecule has 0 unspecified atom stereocenters. The molecule has 0 amide bonds. The van der Waals surface area contributed by atoms with Crippen LogP contribution in [-0.2, 0) is 6.42 Å². The maximum Gasteiger partial charge on any atom is 0.159 e. The van der Waals surface area contributed by atoms with Gasteiger partial charge in [0.2, 0.25) is 0 Å². The molecular weight excluding hydrogens is 360 g/mol. The SMILES string of the molecule is c1ccc2c(N3CCN(c4ccncc4)CC3)nnc(Cc3ccncc3)c2c1. The van der Waals surface area contributed by atoms with E-state index in [2.05, 4.69) is 66.4 Å². The van der Waals surface area contributed by atoms with Crippen LogP contribution in [0.4, 0.5) is 11.5 Å². The summed E-state index contributed by atoms with van der Waals surface area (Å²) in [6.07, 6.45) is 8.10. The van der Waals surface area contributed by atoms with E-state index in [1.807, 2.05) is 36.9 Å². The van der Waals surface area contributed by atoms with Crippen LogP contribution in [0.2, 0.25) is 0 Å². The van der Waals surface area contributed by atoms with E-state index in [4.69, 9.17) is 0 Å². The fourth-order valence-electron chi connectivity index (χ4n) is 3.93. The Balaban J connectivity index is 1.41. The van der Waals surface area contributed by atoms with Gasteiger partial charge in [0.25, 0.3) is 0 Å². The van der Waals surface area contributed by atoms with Gasteiger partial charge in [0.05, 0.1) is 5.69 Å². The molecule has 0 spiro atoms. The monoisotopic (exact) mass is 382 g/mol. The van der Waals surface area contributed by atoms with Crippen molar-refractivity contribution in [3.63, 3.8) is 0 Å². The average molecular weight is 382 g/mol. The van der Waals surface area contributed by atoms with Gasteiger partial charge in [0.15, 0.2) is 5.82 Å². The summed E-state index contributed by atoms with van der Waals surface area (Å²) < 4.78 is 0. The van der Waals surface area contributed by atoms with Gasteiger partial charge >= 0.3 is 0 Å². The summed E-state index contributed by atoms with van der Waals surface area (Å²) in [5.41, 5.74) is 3.42. The number of hydrogen-bond acceptors (Lipinski definition) is 6. The van der Waals surface area contributed by atoms with Gasteiger partial charge in [0, 0.05) is 73.8 Å². The normalized spacial score (nSPS) is 14.3. The van der Waals surface area contributed by atoms with Crippen LogP contribution < -0.4 is 9.80 Å². The van der Waals surface area contributed by atoms with Gasteiger partial charge in [-0.3, -0.25) is 9.97 Å². The highest BCUT2D eigenvalue weighted by Crippen LogP contribution is 2.28. The van der Waals surface area contributed by atoms with Crippen molar-refractivity contribution in [1.29, 1.82) is 0 Å². The van der Waals surface area contributed by atoms with E-state index in [9.17, 15) is 0 Å². The largest absolute Gasteiger partial charge is 0.368 e. The Morgan fingerprint density at radius 1 is 0.655 bits per heavy atom. The molecular formula is C23H22N6. The second kappa shape index (κ2) is 7.83. The van der Waals surface area contributed by atoms with E-state index < -0.39 is 0 Å². The zero-order chi connectivity index (χ0) is 19.5. The quantitative estimate of drug-likeness (QED) is 0.540. The Bertz CT molecular complexity index is 1090. The van der Waals surface area contributed by atoms with Crippen LogP contribution in [0.1, 0.15) is 11.3 Å². The van der Waals surface area contributed by atoms with Crippen molar-refractivity contribution in [1.82, 2.24) is 20.2 Å². The van der Waals surface area contributed by atoms with Crippen molar-refractivity contribution in [2.45, 2.75) is 6.42 Å². The van der Waals surface area contributed by atoms with Crippen LogP contribution in [0, 0.1) is 0 Å². The van der Waals surface area contributed by atoms with Crippen LogP contribution in [-0.4, -0.2) is 46.3 Å². The van der Waals surface area contributed by atoms with E-state index in [1.165, 1.54) is 22.0 Å². The van der Waals surface area contributed by atoms with Crippen LogP contribution in [0.3, 0.4) is 0 Å². The molecule has 29 heavy (non-hydrogen) atoms. The van der Waals surface area contributed by atoms with E-state index in [-0.39, 0.29) is 0 Å². The van der Waals surface area contributed by atoms with Gasteiger partial charge in [-0.1, -0.05) is 24.3 Å². The van der Waals surface area contributed by atoms with E-state index in [1.54, 1.807) is 0 Å². The smallest absolute Gasteiger partial charge is 0.159 e. The topological polar surface area (TPSA) is 58.0 Å². The fourth-order valence-corrected chi connectivity index (χ4v) is 3.93. The number of fused-ring (bicyclic) bond motifs is 1. The van der Waals surface area contributed by atoms with E-state index in [0.29, 0.717) is 0 Å². The molecule has 1 fully saturated rings. The van der Waals surface area contributed by atoms with Crippen molar-refractivity contribution in [2.24, 2.45) is 0 Å². The summed E-state index contributed by atoms with van der Waals surface area (Å²) in [7, 11) is 0. The second-order valence-corrected chi connectivity index (χ2v) is 7.23. The molecule has 0 saturated carbocycles. The number of pyridine rings is 2. The molecule has 1 aromatic carbocycles. The van der Waals surface area contributed by atoms with E-state index in [0.717, 1.165) is 44.1 Å². The van der Waals surface area contributed by atoms with Gasteiger partial charge in [0.1, 0.15) is 0 Å². The summed E-state index contributed by atoms with van der Waals surface area (Å²) in [4.78, 5) is 13.0. The van der Waals surface area contributed by atoms with Gasteiger partial charge in [-0.25, -0.2) is 0 Å². The number of hydrogen-bond donors (Lipinski definition) is 0. The number of benzene rings is 1. The summed E-state index contributed by atoms with van der Waals surface area (Å²) in [5.74, 6) is 0.980. The van der Waals surface area contributed by atoms with Crippen LogP contribution in [0.25, 0.3) is 10.8 Å². The zero-order valence-corrected chi connectivity index (χ0v) is 16.1. The number of nitrogens with zero attached hydrogens (tertiary/aromatic N) is 6. The van der Waals surface area contributed by atoms with Crippen LogP contribution in [0.15, 0.2) is 73.3 Å². The molecule has 4 heterocycles. The first-order valence-corrected chi connectivity index (χ1v) is 9.91. The highest BCUT2D eigenvalue weighted by Gasteiger charge is 2.21. The molecule has 6 nitrogen and oxygen atoms in total. The molecule has 144 valence electrons. The molecule has 0 radical (unpaired) electrons. The fraction of sp³-hybridized carbons (Fsp3) is 0.217. The summed E-state index contributed by atoms with van der Waals surface area (Å²) in [5, 5.41) is 11.6. The summed E-state index contributed by atoms with van der Waals surface area (Å²) in [6, 6.07) is 16.7. The maximum atomic E-state index is 4.66. The molecule has 0 aliphatic carbocycles. The van der Waals surface area contributed by atoms with Gasteiger partial charge in [-0.05, 0) is 29.8 Å². The number of rotatable bonds is 4. The lowest BCUT2D eigenvalue weighted by Crippen LogP contribution is -2.47. The molecule has 1 saturated heterocycles. The predicted molar refractivity (Wildman–Crippen MR) is 115 cm³/mol. The lowest BCUT2D eigenvalue weighted by Gasteiger charge is -2.36. The first-order chi connectivity index (χ1) is 14.4. The minimum absolute atomic E-state index is 0.756. The molecule has 1 aliphatic heterocycles. The number of aromatic nitrogens is 4. The van der Waals surface area contributed by atoms with Gasteiger partial charge in [-0.2, -0.15) is 5.10 Å². The Hall–Kier alpha value is -3.54. The zero-order valence-electron chi connectivity index (χ0n) is 16.1. The minimum atomic E-state index is 0.756. The maximum absolute atomic E-state index is 4.66. The second-order valence-electron chi connectivity index (χ2n) is 7.23. The number of piperazine rings is 1. The third-order valence-electron chi connectivity index (χ3n) is 5.47. The first kappa shape index (κ1) is 17.6. The third kappa shape index (κ3) is 3.61. The Labute approximate surface area is 169 Å². The Morgan fingerprint density at radius 2 is 1.28 bits per heavy atom.